The van der Waals surface area contributed by atoms with E-state index < -0.39 is 6.67 Å². The van der Waals surface area contributed by atoms with Crippen molar-refractivity contribution in [3.63, 3.8) is 0 Å². The van der Waals surface area contributed by atoms with E-state index in [2.05, 4.69) is 34.6 Å². The summed E-state index contributed by atoms with van der Waals surface area (Å²) in [6.07, 6.45) is 0. The number of hydrogen-bond acceptors (Lipinski definition) is 2. The summed E-state index contributed by atoms with van der Waals surface area (Å²) in [7, 11) is 0. The van der Waals surface area contributed by atoms with Crippen molar-refractivity contribution in [2.75, 3.05) is 19.8 Å². The number of hydrogen-bond donors (Lipinski definition) is 3. The molecule has 1 atom stereocenters. The predicted octanol–water partition coefficient (Wildman–Crippen LogP) is 1.97. The number of nitrogens with one attached hydrogen (secondary N) is 1. The Morgan fingerprint density at radius 2 is 1.85 bits per heavy atom. The van der Waals surface area contributed by atoms with E-state index in [0.29, 0.717) is 13.1 Å². The number of halogens is 1. The molecule has 5 heteroatoms. The number of benzene rings is 1. The molecule has 0 aliphatic heterocycles. The molecule has 20 heavy (non-hydrogen) atoms. The van der Waals surface area contributed by atoms with Gasteiger partial charge in [-0.1, -0.05) is 43.7 Å². The van der Waals surface area contributed by atoms with Crippen LogP contribution in [0.25, 0.3) is 0 Å². The van der Waals surface area contributed by atoms with Crippen LogP contribution in [0.2, 0.25) is 0 Å². The number of guanidine groups is 1. The van der Waals surface area contributed by atoms with Crippen molar-refractivity contribution in [3.05, 3.63) is 35.4 Å². The van der Waals surface area contributed by atoms with Crippen molar-refractivity contribution in [1.82, 2.24) is 5.32 Å². The molecular weight excluding hydrogens is 255 g/mol. The summed E-state index contributed by atoms with van der Waals surface area (Å²) in [4.78, 5) is 3.83. The van der Waals surface area contributed by atoms with Crippen molar-refractivity contribution in [3.8, 4) is 0 Å². The summed E-state index contributed by atoms with van der Waals surface area (Å²) < 4.78 is 12.7. The monoisotopic (exact) mass is 282 g/mol. The Hall–Kier alpha value is -1.62. The molecule has 0 radical (unpaired) electrons. The Labute approximate surface area is 121 Å². The summed E-state index contributed by atoms with van der Waals surface area (Å²) in [5.74, 6) is -0.176. The van der Waals surface area contributed by atoms with Gasteiger partial charge >= 0.3 is 0 Å². The molecule has 0 aliphatic rings. The standard InChI is InChI=1S/C13H21FN4.C2H6/c1-10-2-4-11(5-3-10)7-17-8-12(6-14)9-18-13(15)16;1-2/h2-5,12,17H,6-9H2,1H3,(H4,15,16,18);1-2H3. The Kier molecular flexibility index (Phi) is 10.3. The molecule has 1 unspecified atom stereocenters. The molecule has 1 rings (SSSR count). The third-order valence-corrected chi connectivity index (χ3v) is 2.63. The number of aryl methyl sites for hydroxylation is 1. The van der Waals surface area contributed by atoms with Crippen molar-refractivity contribution in [1.29, 1.82) is 0 Å². The summed E-state index contributed by atoms with van der Waals surface area (Å²) in [6.45, 7) is 7.21. The molecule has 0 saturated carbocycles. The Morgan fingerprint density at radius 1 is 1.25 bits per heavy atom. The zero-order valence-electron chi connectivity index (χ0n) is 12.7. The maximum atomic E-state index is 12.7. The van der Waals surface area contributed by atoms with Crippen LogP contribution in [-0.4, -0.2) is 25.7 Å². The van der Waals surface area contributed by atoms with Gasteiger partial charge in [-0.25, -0.2) is 0 Å². The lowest BCUT2D eigenvalue weighted by atomic mass is 10.1. The van der Waals surface area contributed by atoms with Gasteiger partial charge in [0.1, 0.15) is 0 Å². The zero-order valence-corrected chi connectivity index (χ0v) is 12.7. The van der Waals surface area contributed by atoms with Crippen LogP contribution >= 0.6 is 0 Å². The van der Waals surface area contributed by atoms with Crippen LogP contribution in [0.5, 0.6) is 0 Å². The second-order valence-electron chi connectivity index (χ2n) is 4.40. The fourth-order valence-corrected chi connectivity index (χ4v) is 1.53. The quantitative estimate of drug-likeness (QED) is 0.528. The Bertz CT molecular complexity index is 372. The fourth-order valence-electron chi connectivity index (χ4n) is 1.53. The van der Waals surface area contributed by atoms with Crippen LogP contribution in [0.1, 0.15) is 25.0 Å². The lowest BCUT2D eigenvalue weighted by molar-refractivity contribution is 0.353. The highest BCUT2D eigenvalue weighted by atomic mass is 19.1. The summed E-state index contributed by atoms with van der Waals surface area (Å²) in [5.41, 5.74) is 12.8. The molecule has 0 spiro atoms. The second-order valence-corrected chi connectivity index (χ2v) is 4.40. The molecule has 0 aromatic heterocycles. The van der Waals surface area contributed by atoms with Crippen molar-refractivity contribution < 1.29 is 4.39 Å². The summed E-state index contributed by atoms with van der Waals surface area (Å²) >= 11 is 0. The molecule has 0 heterocycles. The molecule has 0 aliphatic carbocycles. The molecule has 0 amide bonds. The van der Waals surface area contributed by atoms with Crippen molar-refractivity contribution in [2.45, 2.75) is 27.3 Å². The van der Waals surface area contributed by atoms with E-state index in [4.69, 9.17) is 11.5 Å². The maximum absolute atomic E-state index is 12.7. The van der Waals surface area contributed by atoms with Gasteiger partial charge in [0.05, 0.1) is 6.67 Å². The Balaban J connectivity index is 0.00000172. The smallest absolute Gasteiger partial charge is 0.185 e. The highest BCUT2D eigenvalue weighted by Crippen LogP contribution is 2.03. The number of aliphatic imine (C=N–C) groups is 1. The lowest BCUT2D eigenvalue weighted by Gasteiger charge is -2.12. The lowest BCUT2D eigenvalue weighted by Crippen LogP contribution is -2.29. The van der Waals surface area contributed by atoms with E-state index in [9.17, 15) is 4.39 Å². The molecule has 4 nitrogen and oxygen atoms in total. The minimum absolute atomic E-state index is 0.00647. The van der Waals surface area contributed by atoms with Gasteiger partial charge in [0, 0.05) is 25.6 Å². The molecule has 0 fully saturated rings. The minimum atomic E-state index is -0.433. The average Bonchev–Trinajstić information content (AvgIpc) is 2.46. The van der Waals surface area contributed by atoms with E-state index >= 15 is 0 Å². The predicted molar refractivity (Wildman–Crippen MR) is 84.4 cm³/mol. The summed E-state index contributed by atoms with van der Waals surface area (Å²) in [6, 6.07) is 8.23. The van der Waals surface area contributed by atoms with Crippen LogP contribution in [0.15, 0.2) is 29.3 Å². The first-order valence-corrected chi connectivity index (χ1v) is 6.99. The maximum Gasteiger partial charge on any atom is 0.185 e. The number of alkyl halides is 1. The van der Waals surface area contributed by atoms with E-state index in [1.54, 1.807) is 0 Å². The van der Waals surface area contributed by atoms with Crippen molar-refractivity contribution >= 4 is 5.96 Å². The topological polar surface area (TPSA) is 76.4 Å². The first kappa shape index (κ1) is 18.4. The van der Waals surface area contributed by atoms with Gasteiger partial charge in [0.25, 0.3) is 0 Å². The van der Waals surface area contributed by atoms with Gasteiger partial charge in [0.15, 0.2) is 5.96 Å². The normalized spacial score (nSPS) is 11.2. The number of nitrogens with zero attached hydrogens (tertiary/aromatic N) is 1. The molecule has 114 valence electrons. The third kappa shape index (κ3) is 8.48. The van der Waals surface area contributed by atoms with Crippen LogP contribution in [0.4, 0.5) is 4.39 Å². The molecule has 1 aromatic rings. The number of rotatable bonds is 7. The molecule has 0 bridgehead atoms. The van der Waals surface area contributed by atoms with Gasteiger partial charge in [-0.2, -0.15) is 0 Å². The van der Waals surface area contributed by atoms with Gasteiger partial charge in [-0.05, 0) is 12.5 Å². The summed E-state index contributed by atoms with van der Waals surface area (Å²) in [5, 5.41) is 3.20. The molecular formula is C15H27FN4. The van der Waals surface area contributed by atoms with Gasteiger partial charge in [0.2, 0.25) is 0 Å². The van der Waals surface area contributed by atoms with E-state index in [1.807, 2.05) is 20.8 Å². The Morgan fingerprint density at radius 3 is 2.35 bits per heavy atom. The van der Waals surface area contributed by atoms with Crippen LogP contribution < -0.4 is 16.8 Å². The minimum Gasteiger partial charge on any atom is -0.370 e. The van der Waals surface area contributed by atoms with E-state index in [0.717, 1.165) is 6.54 Å². The first-order chi connectivity index (χ1) is 9.61. The molecule has 1 aromatic carbocycles. The average molecular weight is 282 g/mol. The van der Waals surface area contributed by atoms with Crippen LogP contribution in [-0.2, 0) is 6.54 Å². The van der Waals surface area contributed by atoms with Gasteiger partial charge < -0.3 is 16.8 Å². The van der Waals surface area contributed by atoms with Gasteiger partial charge in [-0.3, -0.25) is 9.38 Å². The van der Waals surface area contributed by atoms with Gasteiger partial charge in [-0.15, -0.1) is 0 Å². The third-order valence-electron chi connectivity index (χ3n) is 2.63. The zero-order chi connectivity index (χ0) is 15.4. The van der Waals surface area contributed by atoms with Crippen molar-refractivity contribution in [2.24, 2.45) is 22.4 Å². The SMILES string of the molecule is CC.Cc1ccc(CNCC(CF)CN=C(N)N)cc1. The van der Waals surface area contributed by atoms with Crippen LogP contribution in [0, 0.1) is 12.8 Å². The largest absolute Gasteiger partial charge is 0.370 e. The van der Waals surface area contributed by atoms with E-state index in [1.165, 1.54) is 11.1 Å². The molecule has 0 saturated heterocycles. The number of nitrogens with two attached hydrogens (primary N) is 2. The fraction of sp³-hybridized carbons (Fsp3) is 0.533. The second kappa shape index (κ2) is 11.2. The molecule has 5 N–H and O–H groups in total. The highest BCUT2D eigenvalue weighted by Gasteiger charge is 2.07. The first-order valence-electron chi connectivity index (χ1n) is 6.99. The highest BCUT2D eigenvalue weighted by molar-refractivity contribution is 5.75. The van der Waals surface area contributed by atoms with E-state index in [-0.39, 0.29) is 11.9 Å². The van der Waals surface area contributed by atoms with Crippen LogP contribution in [0.3, 0.4) is 0 Å².